The summed E-state index contributed by atoms with van der Waals surface area (Å²) >= 11 is 6.18. The maximum absolute atomic E-state index is 12.6. The summed E-state index contributed by atoms with van der Waals surface area (Å²) in [4.78, 5) is 51.0. The van der Waals surface area contributed by atoms with Gasteiger partial charge in [-0.25, -0.2) is 4.98 Å². The van der Waals surface area contributed by atoms with E-state index in [-0.39, 0.29) is 53.8 Å². The molecular weight excluding hydrogens is 399 g/mol. The van der Waals surface area contributed by atoms with Gasteiger partial charge in [0.05, 0.1) is 16.1 Å². The minimum atomic E-state index is -1.07. The van der Waals surface area contributed by atoms with Crippen molar-refractivity contribution in [3.05, 3.63) is 28.5 Å². The maximum atomic E-state index is 12.6. The molecule has 1 saturated heterocycles. The first-order valence-corrected chi connectivity index (χ1v) is 8.17. The number of aromatic nitrogens is 2. The zero-order valence-electron chi connectivity index (χ0n) is 14.1. The van der Waals surface area contributed by atoms with Crippen LogP contribution in [0.25, 0.3) is 11.0 Å². The second kappa shape index (κ2) is 7.93. The Morgan fingerprint density at radius 3 is 2.74 bits per heavy atom. The van der Waals surface area contributed by atoms with Crippen LogP contribution in [0.2, 0.25) is 5.02 Å². The summed E-state index contributed by atoms with van der Waals surface area (Å²) in [7, 11) is 0. The van der Waals surface area contributed by atoms with Crippen molar-refractivity contribution in [2.75, 3.05) is 0 Å². The first-order valence-electron chi connectivity index (χ1n) is 7.79. The number of hydrogen-bond donors (Lipinski definition) is 3. The number of amides is 3. The van der Waals surface area contributed by atoms with E-state index in [1.165, 1.54) is 16.7 Å². The molecule has 1 aromatic carbocycles. The SMILES string of the molecule is Cc1nc2c(C(=O)NC3CCC(=O)NC3=O)ccc(Cl)c2n1CC(=O)O.Cl. The van der Waals surface area contributed by atoms with Gasteiger partial charge in [-0.1, -0.05) is 11.6 Å². The Morgan fingerprint density at radius 2 is 2.11 bits per heavy atom. The van der Waals surface area contributed by atoms with E-state index in [0.29, 0.717) is 11.3 Å². The topological polar surface area (TPSA) is 130 Å². The first-order chi connectivity index (χ1) is 12.3. The molecule has 2 aromatic rings. The van der Waals surface area contributed by atoms with Crippen LogP contribution in [-0.2, 0) is 20.9 Å². The number of aliphatic carboxylic acids is 1. The second-order valence-corrected chi connectivity index (χ2v) is 6.32. The van der Waals surface area contributed by atoms with Crippen molar-refractivity contribution in [1.29, 1.82) is 0 Å². The van der Waals surface area contributed by atoms with Gasteiger partial charge in [-0.15, -0.1) is 12.4 Å². The van der Waals surface area contributed by atoms with Crippen LogP contribution in [0.5, 0.6) is 0 Å². The number of piperidine rings is 1. The average molecular weight is 415 g/mol. The predicted molar refractivity (Wildman–Crippen MR) is 98.0 cm³/mol. The molecule has 3 N–H and O–H groups in total. The summed E-state index contributed by atoms with van der Waals surface area (Å²) in [5.41, 5.74) is 0.755. The summed E-state index contributed by atoms with van der Waals surface area (Å²) in [6, 6.07) is 2.11. The Balaban J connectivity index is 0.00000261. The van der Waals surface area contributed by atoms with E-state index in [4.69, 9.17) is 16.7 Å². The highest BCUT2D eigenvalue weighted by Gasteiger charge is 2.29. The number of aryl methyl sites for hydroxylation is 1. The van der Waals surface area contributed by atoms with E-state index in [0.717, 1.165) is 0 Å². The number of carbonyl (C=O) groups excluding carboxylic acids is 3. The van der Waals surface area contributed by atoms with Gasteiger partial charge in [0.15, 0.2) is 0 Å². The molecule has 1 unspecified atom stereocenters. The Bertz CT molecular complexity index is 956. The number of benzene rings is 1. The van der Waals surface area contributed by atoms with Crippen molar-refractivity contribution < 1.29 is 24.3 Å². The van der Waals surface area contributed by atoms with Gasteiger partial charge in [0.25, 0.3) is 5.91 Å². The largest absolute Gasteiger partial charge is 0.480 e. The van der Waals surface area contributed by atoms with E-state index >= 15 is 0 Å². The molecule has 9 nitrogen and oxygen atoms in total. The van der Waals surface area contributed by atoms with Crippen LogP contribution < -0.4 is 10.6 Å². The number of fused-ring (bicyclic) bond motifs is 1. The quantitative estimate of drug-likeness (QED) is 0.640. The molecule has 0 bridgehead atoms. The van der Waals surface area contributed by atoms with Crippen molar-refractivity contribution in [3.8, 4) is 0 Å². The van der Waals surface area contributed by atoms with Gasteiger partial charge < -0.3 is 15.0 Å². The van der Waals surface area contributed by atoms with Crippen LogP contribution in [0.4, 0.5) is 0 Å². The molecular formula is C16H16Cl2N4O5. The molecule has 1 atom stereocenters. The normalized spacial score (nSPS) is 16.6. The number of carboxylic acid groups (broad SMARTS) is 1. The van der Waals surface area contributed by atoms with E-state index < -0.39 is 23.8 Å². The van der Waals surface area contributed by atoms with Gasteiger partial charge in [0, 0.05) is 6.42 Å². The number of halogens is 2. The molecule has 3 amide bonds. The van der Waals surface area contributed by atoms with Crippen LogP contribution in [0, 0.1) is 6.92 Å². The Hall–Kier alpha value is -2.65. The highest BCUT2D eigenvalue weighted by atomic mass is 35.5. The molecule has 27 heavy (non-hydrogen) atoms. The second-order valence-electron chi connectivity index (χ2n) is 5.91. The van der Waals surface area contributed by atoms with E-state index in [1.807, 2.05) is 0 Å². The lowest BCUT2D eigenvalue weighted by Crippen LogP contribution is -2.52. The summed E-state index contributed by atoms with van der Waals surface area (Å²) in [5.74, 6) is -2.17. The molecule has 0 aliphatic carbocycles. The lowest BCUT2D eigenvalue weighted by atomic mass is 10.1. The van der Waals surface area contributed by atoms with Gasteiger partial charge >= 0.3 is 5.97 Å². The Labute approximate surface area is 164 Å². The van der Waals surface area contributed by atoms with Crippen molar-refractivity contribution in [2.24, 2.45) is 0 Å². The van der Waals surface area contributed by atoms with Gasteiger partial charge in [-0.05, 0) is 25.5 Å². The zero-order valence-corrected chi connectivity index (χ0v) is 15.7. The maximum Gasteiger partial charge on any atom is 0.323 e. The van der Waals surface area contributed by atoms with Crippen LogP contribution in [0.3, 0.4) is 0 Å². The summed E-state index contributed by atoms with van der Waals surface area (Å²) in [6.07, 6.45) is 0.346. The highest BCUT2D eigenvalue weighted by molar-refractivity contribution is 6.35. The van der Waals surface area contributed by atoms with Crippen LogP contribution in [0.15, 0.2) is 12.1 Å². The lowest BCUT2D eigenvalue weighted by molar-refractivity contribution is -0.138. The number of rotatable bonds is 4. The lowest BCUT2D eigenvalue weighted by Gasteiger charge is -2.21. The van der Waals surface area contributed by atoms with Crippen molar-refractivity contribution in [1.82, 2.24) is 20.2 Å². The fourth-order valence-corrected chi connectivity index (χ4v) is 3.14. The molecule has 1 aliphatic heterocycles. The van der Waals surface area contributed by atoms with E-state index in [2.05, 4.69) is 15.6 Å². The molecule has 0 spiro atoms. The van der Waals surface area contributed by atoms with Gasteiger partial charge in [0.1, 0.15) is 23.9 Å². The fourth-order valence-electron chi connectivity index (χ4n) is 2.89. The third kappa shape index (κ3) is 4.04. The molecule has 0 radical (unpaired) electrons. The smallest absolute Gasteiger partial charge is 0.323 e. The number of imide groups is 1. The number of nitrogens with one attached hydrogen (secondary N) is 2. The number of carbonyl (C=O) groups is 4. The Kier molecular flexibility index (Phi) is 6.07. The van der Waals surface area contributed by atoms with Crippen molar-refractivity contribution in [2.45, 2.75) is 32.4 Å². The molecule has 11 heteroatoms. The van der Waals surface area contributed by atoms with E-state index in [1.54, 1.807) is 6.92 Å². The molecule has 1 aromatic heterocycles. The standard InChI is InChI=1S/C16H15ClN4O5.ClH/c1-7-18-13-8(2-3-9(17)14(13)21(7)6-12(23)24)15(25)19-10-4-5-11(22)20-16(10)26;/h2-3,10H,4-6H2,1H3,(H,19,25)(H,23,24)(H,20,22,26);1H. The predicted octanol–water partition coefficient (Wildman–Crippen LogP) is 1.04. The van der Waals surface area contributed by atoms with Gasteiger partial charge in [0.2, 0.25) is 11.8 Å². The van der Waals surface area contributed by atoms with E-state index in [9.17, 15) is 19.2 Å². The summed E-state index contributed by atoms with van der Waals surface area (Å²) in [6.45, 7) is 1.27. The molecule has 1 fully saturated rings. The van der Waals surface area contributed by atoms with Gasteiger partial charge in [-0.2, -0.15) is 0 Å². The Morgan fingerprint density at radius 1 is 1.41 bits per heavy atom. The fraction of sp³-hybridized carbons (Fsp3) is 0.312. The monoisotopic (exact) mass is 414 g/mol. The number of imidazole rings is 1. The van der Waals surface area contributed by atoms with Crippen LogP contribution in [0.1, 0.15) is 29.0 Å². The summed E-state index contributed by atoms with van der Waals surface area (Å²) < 4.78 is 1.41. The minimum absolute atomic E-state index is 0. The molecule has 0 saturated carbocycles. The first kappa shape index (κ1) is 20.7. The zero-order chi connectivity index (χ0) is 19.0. The third-order valence-electron chi connectivity index (χ3n) is 4.12. The molecule has 1 aliphatic rings. The minimum Gasteiger partial charge on any atom is -0.480 e. The van der Waals surface area contributed by atoms with Gasteiger partial charge in [-0.3, -0.25) is 24.5 Å². The number of nitrogens with zero attached hydrogens (tertiary/aromatic N) is 2. The summed E-state index contributed by atoms with van der Waals surface area (Å²) in [5, 5.41) is 14.1. The van der Waals surface area contributed by atoms with Crippen LogP contribution in [-0.4, -0.2) is 44.4 Å². The number of carboxylic acids is 1. The third-order valence-corrected chi connectivity index (χ3v) is 4.42. The van der Waals surface area contributed by atoms with Crippen molar-refractivity contribution in [3.63, 3.8) is 0 Å². The van der Waals surface area contributed by atoms with Crippen LogP contribution >= 0.6 is 24.0 Å². The molecule has 2 heterocycles. The number of hydrogen-bond acceptors (Lipinski definition) is 5. The highest BCUT2D eigenvalue weighted by Crippen LogP contribution is 2.28. The van der Waals surface area contributed by atoms with Crippen molar-refractivity contribution >= 4 is 58.7 Å². The molecule has 3 rings (SSSR count). The average Bonchev–Trinajstić information content (AvgIpc) is 2.87. The molecule has 144 valence electrons.